The van der Waals surface area contributed by atoms with Crippen LogP contribution in [0.25, 0.3) is 0 Å². The highest BCUT2D eigenvalue weighted by molar-refractivity contribution is 5.46. The molecule has 0 aliphatic carbocycles. The molecule has 1 aliphatic heterocycles. The van der Waals surface area contributed by atoms with E-state index in [1.807, 2.05) is 42.5 Å². The van der Waals surface area contributed by atoms with Crippen LogP contribution in [0.1, 0.15) is 5.56 Å². The van der Waals surface area contributed by atoms with Gasteiger partial charge in [-0.15, -0.1) is 0 Å². The van der Waals surface area contributed by atoms with Gasteiger partial charge in [0.05, 0.1) is 6.61 Å². The highest BCUT2D eigenvalue weighted by Crippen LogP contribution is 2.35. The van der Waals surface area contributed by atoms with Gasteiger partial charge in [0, 0.05) is 6.07 Å². The Morgan fingerprint density at radius 3 is 2.75 bits per heavy atom. The fraction of sp³-hybridized carbons (Fsp3) is 0.250. The van der Waals surface area contributed by atoms with Gasteiger partial charge in [-0.3, -0.25) is 0 Å². The summed E-state index contributed by atoms with van der Waals surface area (Å²) in [7, 11) is 0. The smallest absolute Gasteiger partial charge is 0.165 e. The minimum Gasteiger partial charge on any atom is -0.489 e. The van der Waals surface area contributed by atoms with Crippen LogP contribution in [0.3, 0.4) is 0 Å². The molecule has 1 atom stereocenters. The average Bonchev–Trinajstić information content (AvgIpc) is 2.53. The molecule has 20 heavy (non-hydrogen) atoms. The van der Waals surface area contributed by atoms with E-state index in [9.17, 15) is 0 Å². The van der Waals surface area contributed by atoms with E-state index in [-0.39, 0.29) is 12.7 Å². The van der Waals surface area contributed by atoms with Gasteiger partial charge in [0.2, 0.25) is 0 Å². The van der Waals surface area contributed by atoms with E-state index in [0.29, 0.717) is 24.7 Å². The molecule has 2 aromatic carbocycles. The fourth-order valence-corrected chi connectivity index (χ4v) is 2.02. The van der Waals surface area contributed by atoms with Gasteiger partial charge in [-0.2, -0.15) is 0 Å². The number of hydrogen-bond donors (Lipinski definition) is 1. The van der Waals surface area contributed by atoms with Crippen molar-refractivity contribution in [1.29, 1.82) is 0 Å². The average molecular weight is 272 g/mol. The van der Waals surface area contributed by atoms with Crippen molar-refractivity contribution in [3.8, 4) is 17.2 Å². The minimum atomic E-state index is -0.293. The second-order valence-electron chi connectivity index (χ2n) is 4.62. The molecule has 0 fully saturated rings. The maximum Gasteiger partial charge on any atom is 0.165 e. The lowest BCUT2D eigenvalue weighted by Gasteiger charge is -2.25. The summed E-state index contributed by atoms with van der Waals surface area (Å²) in [6, 6.07) is 15.4. The van der Waals surface area contributed by atoms with E-state index < -0.39 is 0 Å². The number of aliphatic hydroxyl groups is 1. The normalized spacial score (nSPS) is 16.8. The Hall–Kier alpha value is -2.20. The summed E-state index contributed by atoms with van der Waals surface area (Å²) in [5.74, 6) is 2.03. The molecule has 3 rings (SSSR count). The van der Waals surface area contributed by atoms with Gasteiger partial charge in [0.25, 0.3) is 0 Å². The largest absolute Gasteiger partial charge is 0.489 e. The molecule has 0 saturated carbocycles. The predicted octanol–water partition coefficient (Wildman–Crippen LogP) is 2.40. The molecule has 104 valence electrons. The fourth-order valence-electron chi connectivity index (χ4n) is 2.02. The molecule has 4 heteroatoms. The lowest BCUT2D eigenvalue weighted by atomic mass is 10.2. The minimum absolute atomic E-state index is 0.0499. The molecule has 4 nitrogen and oxygen atoms in total. The van der Waals surface area contributed by atoms with E-state index in [1.54, 1.807) is 6.07 Å². The molecule has 1 N–H and O–H groups in total. The van der Waals surface area contributed by atoms with Crippen LogP contribution in [-0.4, -0.2) is 24.4 Å². The summed E-state index contributed by atoms with van der Waals surface area (Å²) in [6.45, 7) is 0.817. The lowest BCUT2D eigenvalue weighted by molar-refractivity contribution is 0.0453. The second kappa shape index (κ2) is 5.84. The van der Waals surface area contributed by atoms with Gasteiger partial charge in [-0.25, -0.2) is 0 Å². The molecule has 2 aromatic rings. The quantitative estimate of drug-likeness (QED) is 0.928. The summed E-state index contributed by atoms with van der Waals surface area (Å²) < 4.78 is 16.8. The first kappa shape index (κ1) is 12.8. The standard InChI is InChI=1S/C16H16O4/c17-9-14-11-19-16-8-13(6-7-15(16)20-14)18-10-12-4-2-1-3-5-12/h1-8,14,17H,9-11H2. The summed E-state index contributed by atoms with van der Waals surface area (Å²) in [6.07, 6.45) is -0.293. The third kappa shape index (κ3) is 2.86. The Bertz CT molecular complexity index is 568. The maximum absolute atomic E-state index is 9.05. The van der Waals surface area contributed by atoms with Gasteiger partial charge in [0.1, 0.15) is 19.0 Å². The van der Waals surface area contributed by atoms with E-state index in [2.05, 4.69) is 0 Å². The number of ether oxygens (including phenoxy) is 3. The Kier molecular flexibility index (Phi) is 3.74. The summed E-state index contributed by atoms with van der Waals surface area (Å²) in [5, 5.41) is 9.05. The highest BCUT2D eigenvalue weighted by Gasteiger charge is 2.20. The van der Waals surface area contributed by atoms with Crippen molar-refractivity contribution in [2.24, 2.45) is 0 Å². The third-order valence-corrected chi connectivity index (χ3v) is 3.09. The Labute approximate surface area is 117 Å². The molecule has 1 unspecified atom stereocenters. The first-order valence-corrected chi connectivity index (χ1v) is 6.56. The van der Waals surface area contributed by atoms with Crippen LogP contribution in [-0.2, 0) is 6.61 Å². The zero-order valence-electron chi connectivity index (χ0n) is 11.0. The number of hydrogen-bond acceptors (Lipinski definition) is 4. The van der Waals surface area contributed by atoms with E-state index >= 15 is 0 Å². The summed E-state index contributed by atoms with van der Waals surface area (Å²) in [5.41, 5.74) is 1.11. The zero-order chi connectivity index (χ0) is 13.8. The molecule has 1 heterocycles. The van der Waals surface area contributed by atoms with E-state index in [4.69, 9.17) is 19.3 Å². The zero-order valence-corrected chi connectivity index (χ0v) is 11.0. The van der Waals surface area contributed by atoms with Crippen LogP contribution in [0.15, 0.2) is 48.5 Å². The molecule has 0 amide bonds. The molecular formula is C16H16O4. The highest BCUT2D eigenvalue weighted by atomic mass is 16.6. The SMILES string of the molecule is OCC1COc2cc(OCc3ccccc3)ccc2O1. The third-order valence-electron chi connectivity index (χ3n) is 3.09. The van der Waals surface area contributed by atoms with Gasteiger partial charge in [0.15, 0.2) is 17.6 Å². The van der Waals surface area contributed by atoms with Crippen molar-refractivity contribution in [2.45, 2.75) is 12.7 Å². The summed E-state index contributed by atoms with van der Waals surface area (Å²) in [4.78, 5) is 0. The first-order valence-electron chi connectivity index (χ1n) is 6.56. The Balaban J connectivity index is 1.67. The van der Waals surface area contributed by atoms with Crippen LogP contribution in [0.5, 0.6) is 17.2 Å². The van der Waals surface area contributed by atoms with E-state index in [0.717, 1.165) is 11.3 Å². The van der Waals surface area contributed by atoms with Crippen LogP contribution >= 0.6 is 0 Å². The number of rotatable bonds is 4. The molecule has 1 aliphatic rings. The molecule has 0 spiro atoms. The maximum atomic E-state index is 9.05. The van der Waals surface area contributed by atoms with Gasteiger partial charge in [-0.1, -0.05) is 30.3 Å². The molecule has 0 bridgehead atoms. The molecule has 0 saturated heterocycles. The Morgan fingerprint density at radius 2 is 1.95 bits per heavy atom. The van der Waals surface area contributed by atoms with Gasteiger partial charge < -0.3 is 19.3 Å². The van der Waals surface area contributed by atoms with Crippen LogP contribution < -0.4 is 14.2 Å². The van der Waals surface area contributed by atoms with Gasteiger partial charge >= 0.3 is 0 Å². The Morgan fingerprint density at radius 1 is 1.10 bits per heavy atom. The van der Waals surface area contributed by atoms with Crippen molar-refractivity contribution < 1.29 is 19.3 Å². The van der Waals surface area contributed by atoms with Crippen molar-refractivity contribution in [3.05, 3.63) is 54.1 Å². The van der Waals surface area contributed by atoms with Crippen LogP contribution in [0.2, 0.25) is 0 Å². The molecule has 0 radical (unpaired) electrons. The van der Waals surface area contributed by atoms with Crippen molar-refractivity contribution in [2.75, 3.05) is 13.2 Å². The van der Waals surface area contributed by atoms with E-state index in [1.165, 1.54) is 0 Å². The van der Waals surface area contributed by atoms with Crippen molar-refractivity contribution >= 4 is 0 Å². The van der Waals surface area contributed by atoms with Crippen molar-refractivity contribution in [1.82, 2.24) is 0 Å². The van der Waals surface area contributed by atoms with Gasteiger partial charge in [-0.05, 0) is 17.7 Å². The van der Waals surface area contributed by atoms with Crippen LogP contribution in [0, 0.1) is 0 Å². The topological polar surface area (TPSA) is 47.9 Å². The van der Waals surface area contributed by atoms with Crippen LogP contribution in [0.4, 0.5) is 0 Å². The number of fused-ring (bicyclic) bond motifs is 1. The first-order chi connectivity index (χ1) is 9.85. The predicted molar refractivity (Wildman–Crippen MR) is 74.2 cm³/mol. The summed E-state index contributed by atoms with van der Waals surface area (Å²) >= 11 is 0. The number of aliphatic hydroxyl groups excluding tert-OH is 1. The molecule has 0 aromatic heterocycles. The van der Waals surface area contributed by atoms with Crippen molar-refractivity contribution in [3.63, 3.8) is 0 Å². The molecular weight excluding hydrogens is 256 g/mol. The second-order valence-corrected chi connectivity index (χ2v) is 4.62. The monoisotopic (exact) mass is 272 g/mol. The lowest BCUT2D eigenvalue weighted by Crippen LogP contribution is -2.32. The number of benzene rings is 2.